The Bertz CT molecular complexity index is 3930. The summed E-state index contributed by atoms with van der Waals surface area (Å²) < 4.78 is 29.7. The molecule has 1 amide bonds. The van der Waals surface area contributed by atoms with Crippen LogP contribution in [0.3, 0.4) is 0 Å². The van der Waals surface area contributed by atoms with Gasteiger partial charge in [0.2, 0.25) is 5.91 Å². The van der Waals surface area contributed by atoms with Gasteiger partial charge in [0.25, 0.3) is 0 Å². The molecule has 5 aromatic rings. The van der Waals surface area contributed by atoms with Crippen LogP contribution in [-0.4, -0.2) is 203 Å². The minimum Gasteiger partial charge on any atom is -0.381 e. The smallest absolute Gasteiger partial charge is 0.222 e. The van der Waals surface area contributed by atoms with Crippen molar-refractivity contribution in [1.29, 1.82) is 0 Å². The van der Waals surface area contributed by atoms with E-state index < -0.39 is 38.5 Å². The number of carbonyl (C=O) groups is 12. The summed E-state index contributed by atoms with van der Waals surface area (Å²) in [6.07, 6.45) is 12.4. The maximum atomic E-state index is 12.3. The van der Waals surface area contributed by atoms with E-state index in [0.29, 0.717) is 152 Å². The molecule has 664 valence electrons. The third-order valence-corrected chi connectivity index (χ3v) is 17.5. The molecule has 0 saturated carbocycles. The van der Waals surface area contributed by atoms with Crippen molar-refractivity contribution >= 4 is 69.5 Å². The number of nitrogens with zero attached hydrogens (tertiary/aromatic N) is 15. The van der Waals surface area contributed by atoms with E-state index in [0.717, 1.165) is 6.42 Å². The summed E-state index contributed by atoms with van der Waals surface area (Å²) in [4.78, 5) is 144. The van der Waals surface area contributed by atoms with Crippen molar-refractivity contribution in [2.24, 2.45) is 54.1 Å². The molecule has 1 N–H and O–H groups in total. The molecule has 5 heterocycles. The zero-order valence-corrected chi connectivity index (χ0v) is 77.3. The Labute approximate surface area is 700 Å². The van der Waals surface area contributed by atoms with Crippen LogP contribution in [-0.2, 0) is 85.2 Å². The number of aromatic nitrogens is 15. The fourth-order valence-electron chi connectivity index (χ4n) is 10.0. The highest BCUT2D eigenvalue weighted by molar-refractivity contribution is 6.00. The van der Waals surface area contributed by atoms with Crippen LogP contribution in [0.5, 0.6) is 0 Å². The zero-order chi connectivity index (χ0) is 91.0. The number of unbranched alkanes of at least 4 members (excludes halogenated alkanes) is 2. The third-order valence-electron chi connectivity index (χ3n) is 17.5. The van der Waals surface area contributed by atoms with E-state index in [1.165, 1.54) is 22.5 Å². The highest BCUT2D eigenvalue weighted by Gasteiger charge is 2.34. The minimum atomic E-state index is -0.571. The van der Waals surface area contributed by atoms with Gasteiger partial charge in [0.1, 0.15) is 58.1 Å². The normalized spacial score (nSPS) is 12.6. The number of nitrogens with one attached hydrogen (secondary N) is 1. The standard InChI is InChI=1S/C32H51N7O7.C18H28N6O3.C14H26O3.C13H21N3O2.C9H18O/c1-23(40)25(33-28(42)14-18-46-20-16-39-22-27(35-37-39)30(44)32(5,6)7)12-10-8-9-11-24(41)13-17-45-19-15-38-21-26(34-36-38)29(43)31(2,3)4;1-17(2,3)15(25)13-11-23(21-19-13)7-9-27-10-8-24-12-14(20-22-24)16(26)18(4,5)6;1-13(2,3)11(15)7-9-17-10-8-12(16)14(4,5)6;1-12(2,3)10(17)8-16-7-9(14-15-16)11(18)13(4,5)6;1-8(2,3)7(10)9(4,5)6/h21-22,25H,8-20H2,1-7H3,(H,33,42);11-12H,7-10H2,1-6H3;7-10H2,1-6H3;7H,8H2,1-6H3;1-6H3/t25-;;;;/m0..../s1. The SMILES string of the molecule is CC(=O)[C@H](CCCCCC(=O)CCOCCn1cc(C(=O)C(C)(C)C)nn1)NC(=O)CCOCCn1cc(C(=O)C(C)(C)C)nn1.CC(C)(C)C(=O)C(C)(C)C.CC(C)(C)C(=O)CCOCCC(=O)C(C)(C)C.CC(C)(C)C(=O)Cn1cc(C(=O)C(C)(C)C)nn1.CC(C)(C)C(=O)c1cn(CCOCCn2cc(C(=O)C(C)(C)C)nn2)nn1. The van der Waals surface area contributed by atoms with Crippen LogP contribution in [0.4, 0.5) is 0 Å². The second-order valence-electron chi connectivity index (χ2n) is 39.8. The lowest BCUT2D eigenvalue weighted by Crippen LogP contribution is -2.40. The summed E-state index contributed by atoms with van der Waals surface area (Å²) in [5.74, 6) is 0.180. The zero-order valence-electron chi connectivity index (χ0n) is 77.3. The van der Waals surface area contributed by atoms with E-state index >= 15 is 0 Å². The van der Waals surface area contributed by atoms with Gasteiger partial charge in [-0.05, 0) is 19.8 Å². The molecule has 0 aromatic carbocycles. The molecule has 32 nitrogen and oxygen atoms in total. The average molecular weight is 1660 g/mol. The predicted molar refractivity (Wildman–Crippen MR) is 449 cm³/mol. The van der Waals surface area contributed by atoms with E-state index in [-0.39, 0.29) is 105 Å². The van der Waals surface area contributed by atoms with Crippen LogP contribution >= 0.6 is 0 Å². The summed E-state index contributed by atoms with van der Waals surface area (Å²) in [6, 6.07) is -0.571. The topological polar surface area (TPSA) is 407 Å². The molecule has 0 fully saturated rings. The predicted octanol–water partition coefficient (Wildman–Crippen LogP) is 13.3. The summed E-state index contributed by atoms with van der Waals surface area (Å²) >= 11 is 0. The van der Waals surface area contributed by atoms with E-state index in [1.54, 1.807) is 38.8 Å². The van der Waals surface area contributed by atoms with Gasteiger partial charge in [0, 0.05) is 86.3 Å². The third kappa shape index (κ3) is 42.9. The summed E-state index contributed by atoms with van der Waals surface area (Å²) in [7, 11) is 0. The van der Waals surface area contributed by atoms with E-state index in [4.69, 9.17) is 18.9 Å². The van der Waals surface area contributed by atoms with Crippen molar-refractivity contribution in [2.75, 3.05) is 52.9 Å². The number of ether oxygens (including phenoxy) is 4. The Morgan fingerprint density at radius 2 is 0.568 bits per heavy atom. The first-order valence-electron chi connectivity index (χ1n) is 40.8. The molecular weight excluding hydrogens is 1510 g/mol. The van der Waals surface area contributed by atoms with E-state index in [9.17, 15) is 57.5 Å². The molecule has 1 atom stereocenters. The molecule has 0 aliphatic carbocycles. The van der Waals surface area contributed by atoms with Crippen molar-refractivity contribution < 1.29 is 76.5 Å². The number of hydrogen-bond donors (Lipinski definition) is 1. The highest BCUT2D eigenvalue weighted by Crippen LogP contribution is 2.29. The van der Waals surface area contributed by atoms with Gasteiger partial charge in [-0.25, -0.2) is 23.4 Å². The van der Waals surface area contributed by atoms with E-state index in [2.05, 4.69) is 56.9 Å². The summed E-state index contributed by atoms with van der Waals surface area (Å²) in [5.41, 5.74) is -2.27. The van der Waals surface area contributed by atoms with Gasteiger partial charge >= 0.3 is 0 Å². The fourth-order valence-corrected chi connectivity index (χ4v) is 10.0. The van der Waals surface area contributed by atoms with Crippen LogP contribution in [0, 0.1) is 54.1 Å². The number of amides is 1. The molecule has 5 aromatic heterocycles. The lowest BCUT2D eigenvalue weighted by Gasteiger charge is -2.26. The average Bonchev–Trinajstić information content (AvgIpc) is 1.64. The van der Waals surface area contributed by atoms with E-state index in [1.807, 2.05) is 208 Å². The Hall–Kier alpha value is -8.62. The second-order valence-corrected chi connectivity index (χ2v) is 39.8. The number of hydrogen-bond acceptors (Lipinski definition) is 26. The van der Waals surface area contributed by atoms with Crippen molar-refractivity contribution in [3.05, 3.63) is 59.5 Å². The summed E-state index contributed by atoms with van der Waals surface area (Å²) in [5, 5.41) is 41.9. The van der Waals surface area contributed by atoms with Gasteiger partial charge in [0.05, 0.1) is 116 Å². The molecule has 0 bridgehead atoms. The fraction of sp³-hybridized carbons (Fsp3) is 0.744. The first kappa shape index (κ1) is 107. The number of carbonyl (C=O) groups excluding carboxylic acids is 12. The lowest BCUT2D eigenvalue weighted by atomic mass is 9.76. The molecule has 0 spiro atoms. The van der Waals surface area contributed by atoms with Crippen molar-refractivity contribution in [1.82, 2.24) is 80.3 Å². The largest absolute Gasteiger partial charge is 0.381 e. The van der Waals surface area contributed by atoms with Gasteiger partial charge in [0.15, 0.2) is 40.5 Å². The molecule has 32 heteroatoms. The number of rotatable bonds is 39. The first-order valence-corrected chi connectivity index (χ1v) is 40.8. The van der Waals surface area contributed by atoms with Crippen molar-refractivity contribution in [3.8, 4) is 0 Å². The lowest BCUT2D eigenvalue weighted by molar-refractivity contribution is -0.134. The Morgan fingerprint density at radius 3 is 0.839 bits per heavy atom. The summed E-state index contributed by atoms with van der Waals surface area (Å²) in [6.45, 7) is 62.5. The van der Waals surface area contributed by atoms with Crippen LogP contribution in [0.1, 0.15) is 325 Å². The molecule has 0 unspecified atom stereocenters. The maximum Gasteiger partial charge on any atom is 0.222 e. The Morgan fingerprint density at radius 1 is 0.305 bits per heavy atom. The molecule has 0 radical (unpaired) electrons. The maximum absolute atomic E-state index is 12.3. The number of Topliss-reactive ketones (excluding diaryl/α,β-unsaturated/α-hetero) is 11. The van der Waals surface area contributed by atoms with Gasteiger partial charge < -0.3 is 24.3 Å². The number of ketones is 11. The minimum absolute atomic E-state index is 0.0403. The van der Waals surface area contributed by atoms with Gasteiger partial charge in [-0.2, -0.15) is 0 Å². The van der Waals surface area contributed by atoms with Crippen LogP contribution in [0.2, 0.25) is 0 Å². The first-order chi connectivity index (χ1) is 53.8. The molecule has 5 rings (SSSR count). The van der Waals surface area contributed by atoms with Crippen LogP contribution in [0.15, 0.2) is 31.0 Å². The Balaban J connectivity index is 0.000000816. The molecule has 0 aliphatic rings. The second kappa shape index (κ2) is 47.4. The van der Waals surface area contributed by atoms with Crippen LogP contribution in [0.25, 0.3) is 0 Å². The quantitative estimate of drug-likeness (QED) is 0.0282. The molecular formula is C86H144N16O16. The van der Waals surface area contributed by atoms with Gasteiger partial charge in [-0.3, -0.25) is 57.5 Å². The highest BCUT2D eigenvalue weighted by atomic mass is 16.5. The molecule has 118 heavy (non-hydrogen) atoms. The van der Waals surface area contributed by atoms with Crippen molar-refractivity contribution in [2.45, 2.75) is 311 Å². The van der Waals surface area contributed by atoms with Crippen molar-refractivity contribution in [3.63, 3.8) is 0 Å². The Kier molecular flexibility index (Phi) is 43.1. The molecule has 0 saturated heterocycles. The van der Waals surface area contributed by atoms with Crippen LogP contribution < -0.4 is 5.32 Å². The molecule has 0 aliphatic heterocycles. The van der Waals surface area contributed by atoms with Gasteiger partial charge in [-0.1, -0.05) is 247 Å². The monoisotopic (exact) mass is 1660 g/mol. The van der Waals surface area contributed by atoms with Gasteiger partial charge in [-0.15, -0.1) is 25.5 Å².